The van der Waals surface area contributed by atoms with E-state index < -0.39 is 0 Å². The number of fused-ring (bicyclic) bond motifs is 1. The molecule has 2 nitrogen and oxygen atoms in total. The van der Waals surface area contributed by atoms with Crippen LogP contribution in [0.5, 0.6) is 5.75 Å². The molecular weight excluding hydrogens is 293 g/mol. The fourth-order valence-electron chi connectivity index (χ4n) is 2.23. The summed E-state index contributed by atoms with van der Waals surface area (Å²) in [6.07, 6.45) is 0. The lowest BCUT2D eigenvalue weighted by Crippen LogP contribution is -2.01. The average molecular weight is 306 g/mol. The number of hydrogen-bond donors (Lipinski definition) is 0. The summed E-state index contributed by atoms with van der Waals surface area (Å²) in [6.45, 7) is 0.474. The molecule has 0 saturated heterocycles. The van der Waals surface area contributed by atoms with Gasteiger partial charge in [-0.1, -0.05) is 35.3 Å². The molecule has 1 heterocycles. The highest BCUT2D eigenvalue weighted by atomic mass is 35.5. The van der Waals surface area contributed by atoms with Gasteiger partial charge in [0.1, 0.15) is 12.4 Å². The van der Waals surface area contributed by atoms with Gasteiger partial charge >= 0.3 is 0 Å². The zero-order chi connectivity index (χ0) is 14.1. The highest BCUT2D eigenvalue weighted by Gasteiger charge is 2.08. The van der Waals surface area contributed by atoms with Crippen LogP contribution >= 0.6 is 23.2 Å². The number of rotatable bonds is 3. The molecule has 3 rings (SSSR count). The van der Waals surface area contributed by atoms with Crippen molar-refractivity contribution in [3.8, 4) is 5.75 Å². The molecule has 0 saturated carbocycles. The van der Waals surface area contributed by atoms with E-state index in [1.54, 1.807) is 6.07 Å². The van der Waals surface area contributed by atoms with E-state index in [9.17, 15) is 0 Å². The predicted octanol–water partition coefficient (Wildman–Crippen LogP) is 5.06. The summed E-state index contributed by atoms with van der Waals surface area (Å²) in [5, 5.41) is 2.47. The van der Waals surface area contributed by atoms with E-state index >= 15 is 0 Å². The van der Waals surface area contributed by atoms with Crippen molar-refractivity contribution in [1.82, 2.24) is 4.57 Å². The summed E-state index contributed by atoms with van der Waals surface area (Å²) in [5.41, 5.74) is 2.16. The van der Waals surface area contributed by atoms with E-state index in [0.29, 0.717) is 11.6 Å². The zero-order valence-electron chi connectivity index (χ0n) is 10.9. The quantitative estimate of drug-likeness (QED) is 0.659. The molecule has 20 heavy (non-hydrogen) atoms. The normalized spacial score (nSPS) is 10.9. The predicted molar refractivity (Wildman–Crippen MR) is 83.7 cm³/mol. The minimum Gasteiger partial charge on any atom is -0.487 e. The Hall–Kier alpha value is -1.64. The van der Waals surface area contributed by atoms with Crippen LogP contribution in [-0.2, 0) is 13.7 Å². The van der Waals surface area contributed by atoms with E-state index in [2.05, 4.69) is 10.6 Å². The fourth-order valence-corrected chi connectivity index (χ4v) is 2.64. The molecule has 2 aromatic carbocycles. The molecule has 0 radical (unpaired) electrons. The van der Waals surface area contributed by atoms with E-state index in [1.807, 2.05) is 43.4 Å². The van der Waals surface area contributed by atoms with Crippen LogP contribution in [-0.4, -0.2) is 4.57 Å². The fraction of sp³-hybridized carbons (Fsp3) is 0.125. The molecule has 1 aromatic heterocycles. The van der Waals surface area contributed by atoms with Crippen molar-refractivity contribution >= 4 is 34.1 Å². The Kier molecular flexibility index (Phi) is 3.60. The van der Waals surface area contributed by atoms with Crippen molar-refractivity contribution in [1.29, 1.82) is 0 Å². The SMILES string of the molecule is Cn1c(COc2cccc(Cl)c2)cc2c(Cl)cccc21. The molecule has 0 bridgehead atoms. The molecule has 0 amide bonds. The smallest absolute Gasteiger partial charge is 0.128 e. The van der Waals surface area contributed by atoms with Crippen molar-refractivity contribution in [2.24, 2.45) is 7.05 Å². The summed E-state index contributed by atoms with van der Waals surface area (Å²) in [4.78, 5) is 0. The van der Waals surface area contributed by atoms with Gasteiger partial charge in [-0.2, -0.15) is 0 Å². The molecule has 102 valence electrons. The first-order chi connectivity index (χ1) is 9.65. The summed E-state index contributed by atoms with van der Waals surface area (Å²) in [5.74, 6) is 0.758. The second-order valence-corrected chi connectivity index (χ2v) is 5.46. The van der Waals surface area contributed by atoms with Crippen molar-refractivity contribution in [3.63, 3.8) is 0 Å². The van der Waals surface area contributed by atoms with Gasteiger partial charge in [-0.25, -0.2) is 0 Å². The van der Waals surface area contributed by atoms with Crippen LogP contribution in [0, 0.1) is 0 Å². The Labute approximate surface area is 127 Å². The number of benzene rings is 2. The molecule has 0 aliphatic heterocycles. The lowest BCUT2D eigenvalue weighted by Gasteiger charge is -2.07. The maximum atomic E-state index is 6.21. The lowest BCUT2D eigenvalue weighted by atomic mass is 10.2. The third-order valence-electron chi connectivity index (χ3n) is 3.32. The number of halogens is 2. The number of hydrogen-bond acceptors (Lipinski definition) is 1. The van der Waals surface area contributed by atoms with Crippen LogP contribution in [0.3, 0.4) is 0 Å². The first-order valence-corrected chi connectivity index (χ1v) is 7.02. The van der Waals surface area contributed by atoms with Gasteiger partial charge in [-0.05, 0) is 36.4 Å². The number of ether oxygens (including phenoxy) is 1. The van der Waals surface area contributed by atoms with Gasteiger partial charge in [0, 0.05) is 28.0 Å². The Bertz CT molecular complexity index is 764. The van der Waals surface area contributed by atoms with Gasteiger partial charge < -0.3 is 9.30 Å². The Balaban J connectivity index is 1.88. The topological polar surface area (TPSA) is 14.2 Å². The van der Waals surface area contributed by atoms with Crippen LogP contribution in [0.2, 0.25) is 10.0 Å². The molecular formula is C16H13Cl2NO. The molecule has 3 aromatic rings. The first-order valence-electron chi connectivity index (χ1n) is 6.26. The van der Waals surface area contributed by atoms with Crippen molar-refractivity contribution < 1.29 is 4.74 Å². The molecule has 4 heteroatoms. The largest absolute Gasteiger partial charge is 0.487 e. The Morgan fingerprint density at radius 2 is 1.85 bits per heavy atom. The maximum Gasteiger partial charge on any atom is 0.128 e. The third-order valence-corrected chi connectivity index (χ3v) is 3.88. The molecule has 0 atom stereocenters. The van der Waals surface area contributed by atoms with E-state index in [0.717, 1.165) is 27.4 Å². The third kappa shape index (κ3) is 2.49. The molecule has 0 aliphatic rings. The highest BCUT2D eigenvalue weighted by molar-refractivity contribution is 6.35. The Morgan fingerprint density at radius 3 is 2.60 bits per heavy atom. The average Bonchev–Trinajstić information content (AvgIpc) is 2.75. The molecule has 0 fully saturated rings. The summed E-state index contributed by atoms with van der Waals surface area (Å²) >= 11 is 12.1. The highest BCUT2D eigenvalue weighted by Crippen LogP contribution is 2.27. The van der Waals surface area contributed by atoms with Crippen molar-refractivity contribution in [2.45, 2.75) is 6.61 Å². The Morgan fingerprint density at radius 1 is 1.05 bits per heavy atom. The summed E-state index contributed by atoms with van der Waals surface area (Å²) in [7, 11) is 2.01. The van der Waals surface area contributed by atoms with E-state index in [1.165, 1.54) is 0 Å². The molecule has 0 spiro atoms. The standard InChI is InChI=1S/C16H13Cl2NO/c1-19-12(9-14-15(18)6-3-7-16(14)19)10-20-13-5-2-4-11(17)8-13/h2-9H,10H2,1H3. The van der Waals surface area contributed by atoms with Crippen molar-refractivity contribution in [2.75, 3.05) is 0 Å². The number of nitrogens with zero attached hydrogens (tertiary/aromatic N) is 1. The first kappa shape index (κ1) is 13.3. The van der Waals surface area contributed by atoms with Crippen LogP contribution in [0.15, 0.2) is 48.5 Å². The van der Waals surface area contributed by atoms with E-state index in [4.69, 9.17) is 27.9 Å². The van der Waals surface area contributed by atoms with Crippen molar-refractivity contribution in [3.05, 3.63) is 64.3 Å². The monoisotopic (exact) mass is 305 g/mol. The van der Waals surface area contributed by atoms with Gasteiger partial charge in [-0.3, -0.25) is 0 Å². The maximum absolute atomic E-state index is 6.21. The second-order valence-electron chi connectivity index (χ2n) is 4.61. The summed E-state index contributed by atoms with van der Waals surface area (Å²) < 4.78 is 7.86. The zero-order valence-corrected chi connectivity index (χ0v) is 12.4. The van der Waals surface area contributed by atoms with Crippen LogP contribution in [0.1, 0.15) is 5.69 Å². The minimum atomic E-state index is 0.474. The number of aryl methyl sites for hydroxylation is 1. The number of aromatic nitrogens is 1. The van der Waals surface area contributed by atoms with Gasteiger partial charge in [0.15, 0.2) is 0 Å². The molecule has 0 unspecified atom stereocenters. The van der Waals surface area contributed by atoms with Gasteiger partial charge in [-0.15, -0.1) is 0 Å². The van der Waals surface area contributed by atoms with Crippen LogP contribution < -0.4 is 4.74 Å². The van der Waals surface area contributed by atoms with Crippen LogP contribution in [0.4, 0.5) is 0 Å². The summed E-state index contributed by atoms with van der Waals surface area (Å²) in [6, 6.07) is 15.3. The second kappa shape index (κ2) is 5.39. The minimum absolute atomic E-state index is 0.474. The van der Waals surface area contributed by atoms with Gasteiger partial charge in [0.05, 0.1) is 5.69 Å². The van der Waals surface area contributed by atoms with Gasteiger partial charge in [0.2, 0.25) is 0 Å². The van der Waals surface area contributed by atoms with Crippen LogP contribution in [0.25, 0.3) is 10.9 Å². The molecule has 0 N–H and O–H groups in total. The lowest BCUT2D eigenvalue weighted by molar-refractivity contribution is 0.298. The molecule has 0 aliphatic carbocycles. The van der Waals surface area contributed by atoms with Gasteiger partial charge in [0.25, 0.3) is 0 Å². The van der Waals surface area contributed by atoms with E-state index in [-0.39, 0.29) is 0 Å².